The molecule has 1 saturated heterocycles. The quantitative estimate of drug-likeness (QED) is 0.787. The van der Waals surface area contributed by atoms with Crippen LogP contribution >= 0.6 is 0 Å². The summed E-state index contributed by atoms with van der Waals surface area (Å²) in [7, 11) is 0. The summed E-state index contributed by atoms with van der Waals surface area (Å²) >= 11 is 0. The van der Waals surface area contributed by atoms with Crippen LogP contribution in [0.15, 0.2) is 18.2 Å². The van der Waals surface area contributed by atoms with Gasteiger partial charge in [0.1, 0.15) is 12.4 Å². The first kappa shape index (κ1) is 14.0. The zero-order valence-electron chi connectivity index (χ0n) is 11.6. The largest absolute Gasteiger partial charge is 0.462 e. The molecule has 1 unspecified atom stereocenters. The molecule has 19 heavy (non-hydrogen) atoms. The number of carbonyl (C=O) groups excluding carboxylic acids is 1. The molecule has 1 atom stereocenters. The molecule has 1 fully saturated rings. The predicted octanol–water partition coefficient (Wildman–Crippen LogP) is 2.55. The molecule has 4 heteroatoms. The average molecular weight is 264 g/mol. The van der Waals surface area contributed by atoms with E-state index in [0.29, 0.717) is 31.1 Å². The highest BCUT2D eigenvalue weighted by Gasteiger charge is 2.19. The van der Waals surface area contributed by atoms with Crippen LogP contribution in [0.5, 0.6) is 5.75 Å². The van der Waals surface area contributed by atoms with Crippen LogP contribution in [-0.4, -0.2) is 32.4 Å². The van der Waals surface area contributed by atoms with E-state index >= 15 is 0 Å². The lowest BCUT2D eigenvalue weighted by molar-refractivity contribution is -0.170. The minimum absolute atomic E-state index is 0.000734. The fourth-order valence-electron chi connectivity index (χ4n) is 1.89. The van der Waals surface area contributed by atoms with Crippen LogP contribution in [-0.2, 0) is 14.9 Å². The van der Waals surface area contributed by atoms with Gasteiger partial charge in [0.15, 0.2) is 6.29 Å². The molecular weight excluding hydrogens is 244 g/mol. The number of rotatable bonds is 3. The first-order chi connectivity index (χ1) is 9.00. The number of benzene rings is 1. The van der Waals surface area contributed by atoms with Crippen molar-refractivity contribution in [1.29, 1.82) is 0 Å². The molecule has 0 radical (unpaired) electrons. The van der Waals surface area contributed by atoms with E-state index in [2.05, 4.69) is 20.8 Å². The Hall–Kier alpha value is -1.39. The Morgan fingerprint density at radius 1 is 1.32 bits per heavy atom. The lowest BCUT2D eigenvalue weighted by atomic mass is 9.86. The van der Waals surface area contributed by atoms with Crippen molar-refractivity contribution in [1.82, 2.24) is 0 Å². The van der Waals surface area contributed by atoms with E-state index in [1.807, 2.05) is 18.2 Å². The fraction of sp³-hybridized carbons (Fsp3) is 0.533. The molecule has 104 valence electrons. The number of aldehydes is 1. The lowest BCUT2D eigenvalue weighted by Crippen LogP contribution is -2.33. The normalized spacial score (nSPS) is 20.1. The van der Waals surface area contributed by atoms with Gasteiger partial charge in [0.25, 0.3) is 0 Å². The summed E-state index contributed by atoms with van der Waals surface area (Å²) in [5.74, 6) is 0.540. The van der Waals surface area contributed by atoms with E-state index in [4.69, 9.17) is 14.2 Å². The molecule has 0 bridgehead atoms. The monoisotopic (exact) mass is 264 g/mol. The third-order valence-electron chi connectivity index (χ3n) is 3.05. The second-order valence-corrected chi connectivity index (χ2v) is 5.61. The SMILES string of the molecule is CC(C)(C)c1ccc(OC2COCCO2)c(C=O)c1. The molecule has 0 spiro atoms. The van der Waals surface area contributed by atoms with Crippen molar-refractivity contribution in [2.45, 2.75) is 32.5 Å². The van der Waals surface area contributed by atoms with E-state index in [9.17, 15) is 4.79 Å². The molecule has 0 saturated carbocycles. The van der Waals surface area contributed by atoms with Gasteiger partial charge in [-0.25, -0.2) is 0 Å². The highest BCUT2D eigenvalue weighted by atomic mass is 16.7. The Balaban J connectivity index is 2.18. The van der Waals surface area contributed by atoms with Crippen molar-refractivity contribution in [3.63, 3.8) is 0 Å². The summed E-state index contributed by atoms with van der Waals surface area (Å²) in [6.07, 6.45) is 0.377. The van der Waals surface area contributed by atoms with E-state index in [1.54, 1.807) is 0 Å². The van der Waals surface area contributed by atoms with Crippen molar-refractivity contribution in [2.75, 3.05) is 19.8 Å². The van der Waals surface area contributed by atoms with Gasteiger partial charge in [-0.15, -0.1) is 0 Å². The summed E-state index contributed by atoms with van der Waals surface area (Å²) in [6.45, 7) is 7.81. The van der Waals surface area contributed by atoms with E-state index in [-0.39, 0.29) is 5.41 Å². The van der Waals surface area contributed by atoms with Crippen molar-refractivity contribution in [3.8, 4) is 5.75 Å². The van der Waals surface area contributed by atoms with Crippen LogP contribution in [0.2, 0.25) is 0 Å². The van der Waals surface area contributed by atoms with Crippen LogP contribution in [0.3, 0.4) is 0 Å². The van der Waals surface area contributed by atoms with Crippen LogP contribution < -0.4 is 4.74 Å². The van der Waals surface area contributed by atoms with Crippen LogP contribution in [0.4, 0.5) is 0 Å². The van der Waals surface area contributed by atoms with Crippen molar-refractivity contribution >= 4 is 6.29 Å². The molecule has 0 amide bonds. The van der Waals surface area contributed by atoms with Gasteiger partial charge in [-0.3, -0.25) is 4.79 Å². The van der Waals surface area contributed by atoms with Crippen molar-refractivity contribution in [3.05, 3.63) is 29.3 Å². The van der Waals surface area contributed by atoms with Crippen LogP contribution in [0.25, 0.3) is 0 Å². The van der Waals surface area contributed by atoms with Gasteiger partial charge < -0.3 is 14.2 Å². The molecule has 0 aliphatic carbocycles. The summed E-state index contributed by atoms with van der Waals surface area (Å²) in [5, 5.41) is 0. The number of carbonyl (C=O) groups is 1. The van der Waals surface area contributed by atoms with Gasteiger partial charge in [-0.2, -0.15) is 0 Å². The standard InChI is InChI=1S/C15H20O4/c1-15(2,3)12-4-5-13(11(8-12)9-16)19-14-10-17-6-7-18-14/h4-5,8-9,14H,6-7,10H2,1-3H3. The fourth-order valence-corrected chi connectivity index (χ4v) is 1.89. The van der Waals surface area contributed by atoms with E-state index in [0.717, 1.165) is 11.8 Å². The van der Waals surface area contributed by atoms with Crippen LogP contribution in [0.1, 0.15) is 36.7 Å². The third-order valence-corrected chi connectivity index (χ3v) is 3.05. The Morgan fingerprint density at radius 3 is 2.68 bits per heavy atom. The summed E-state index contributed by atoms with van der Waals surface area (Å²) in [5.41, 5.74) is 1.64. The second-order valence-electron chi connectivity index (χ2n) is 5.61. The van der Waals surface area contributed by atoms with Gasteiger partial charge in [0, 0.05) is 0 Å². The zero-order valence-corrected chi connectivity index (χ0v) is 11.6. The smallest absolute Gasteiger partial charge is 0.223 e. The summed E-state index contributed by atoms with van der Waals surface area (Å²) in [4.78, 5) is 11.2. The Kier molecular flexibility index (Phi) is 4.22. The molecule has 4 nitrogen and oxygen atoms in total. The van der Waals surface area contributed by atoms with Gasteiger partial charge in [0.05, 0.1) is 18.8 Å². The third kappa shape index (κ3) is 3.55. The first-order valence-corrected chi connectivity index (χ1v) is 6.46. The molecule has 1 aliphatic rings. The first-order valence-electron chi connectivity index (χ1n) is 6.46. The molecule has 1 aromatic carbocycles. The molecular formula is C15H20O4. The molecule has 1 heterocycles. The van der Waals surface area contributed by atoms with Crippen molar-refractivity contribution < 1.29 is 19.0 Å². The summed E-state index contributed by atoms with van der Waals surface area (Å²) < 4.78 is 16.3. The average Bonchev–Trinajstić information content (AvgIpc) is 2.39. The minimum Gasteiger partial charge on any atom is -0.462 e. The molecule has 1 aromatic rings. The maximum Gasteiger partial charge on any atom is 0.223 e. The minimum atomic E-state index is -0.437. The topological polar surface area (TPSA) is 44.8 Å². The van der Waals surface area contributed by atoms with Gasteiger partial charge in [-0.05, 0) is 23.1 Å². The van der Waals surface area contributed by atoms with Gasteiger partial charge >= 0.3 is 0 Å². The molecule has 2 rings (SSSR count). The second kappa shape index (κ2) is 5.72. The van der Waals surface area contributed by atoms with E-state index < -0.39 is 6.29 Å². The Labute approximate surface area is 113 Å². The van der Waals surface area contributed by atoms with E-state index in [1.165, 1.54) is 0 Å². The number of ether oxygens (including phenoxy) is 3. The zero-order chi connectivity index (χ0) is 13.9. The van der Waals surface area contributed by atoms with Crippen molar-refractivity contribution in [2.24, 2.45) is 0 Å². The maximum absolute atomic E-state index is 11.2. The number of hydrogen-bond acceptors (Lipinski definition) is 4. The Morgan fingerprint density at radius 2 is 2.11 bits per heavy atom. The highest BCUT2D eigenvalue weighted by Crippen LogP contribution is 2.28. The molecule has 1 aliphatic heterocycles. The Bertz CT molecular complexity index is 442. The highest BCUT2D eigenvalue weighted by molar-refractivity contribution is 5.79. The van der Waals surface area contributed by atoms with Gasteiger partial charge in [0.2, 0.25) is 6.29 Å². The van der Waals surface area contributed by atoms with Gasteiger partial charge in [-0.1, -0.05) is 26.8 Å². The van der Waals surface area contributed by atoms with Crippen LogP contribution in [0, 0.1) is 0 Å². The predicted molar refractivity (Wildman–Crippen MR) is 71.7 cm³/mol. The molecule has 0 N–H and O–H groups in total. The summed E-state index contributed by atoms with van der Waals surface area (Å²) in [6, 6.07) is 5.67. The number of hydrogen-bond donors (Lipinski definition) is 0. The lowest BCUT2D eigenvalue weighted by Gasteiger charge is -2.25. The maximum atomic E-state index is 11.2. The molecule has 0 aromatic heterocycles.